The summed E-state index contributed by atoms with van der Waals surface area (Å²) in [5.74, 6) is -0.210. The highest BCUT2D eigenvalue weighted by Gasteiger charge is 2.15. The number of carbonyl (C=O) groups is 1. The van der Waals surface area contributed by atoms with Gasteiger partial charge in [-0.3, -0.25) is 9.78 Å². The van der Waals surface area contributed by atoms with Crippen molar-refractivity contribution in [2.45, 2.75) is 19.6 Å². The highest BCUT2D eigenvalue weighted by Crippen LogP contribution is 2.26. The van der Waals surface area contributed by atoms with Gasteiger partial charge in [0.2, 0.25) is 0 Å². The summed E-state index contributed by atoms with van der Waals surface area (Å²) in [7, 11) is 0. The fourth-order valence-corrected chi connectivity index (χ4v) is 2.09. The Kier molecular flexibility index (Phi) is 5.27. The average molecular weight is 353 g/mol. The van der Waals surface area contributed by atoms with Crippen LogP contribution in [0.25, 0.3) is 0 Å². The molecule has 1 unspecified atom stereocenters. The minimum absolute atomic E-state index is 0.255. The first-order chi connectivity index (χ1) is 10.1. The quantitative estimate of drug-likeness (QED) is 0.899. The summed E-state index contributed by atoms with van der Waals surface area (Å²) in [6, 6.07) is 7.71. The molecule has 21 heavy (non-hydrogen) atoms. The van der Waals surface area contributed by atoms with Gasteiger partial charge in [-0.05, 0) is 52.7 Å². The van der Waals surface area contributed by atoms with Crippen LogP contribution in [0.5, 0.6) is 5.75 Å². The lowest BCUT2D eigenvalue weighted by Gasteiger charge is -2.15. The zero-order valence-electron chi connectivity index (χ0n) is 11.3. The Balaban J connectivity index is 1.90. The van der Waals surface area contributed by atoms with Crippen LogP contribution in [0.1, 0.15) is 12.5 Å². The maximum absolute atomic E-state index is 13.0. The van der Waals surface area contributed by atoms with E-state index in [9.17, 15) is 9.18 Å². The lowest BCUT2D eigenvalue weighted by molar-refractivity contribution is -0.127. The molecule has 1 aromatic carbocycles. The molecule has 0 radical (unpaired) electrons. The van der Waals surface area contributed by atoms with Crippen molar-refractivity contribution in [3.63, 3.8) is 0 Å². The second kappa shape index (κ2) is 7.17. The summed E-state index contributed by atoms with van der Waals surface area (Å²) in [5, 5.41) is 2.76. The highest BCUT2D eigenvalue weighted by atomic mass is 79.9. The first-order valence-electron chi connectivity index (χ1n) is 6.34. The molecule has 0 saturated carbocycles. The van der Waals surface area contributed by atoms with Gasteiger partial charge in [0.25, 0.3) is 5.91 Å². The van der Waals surface area contributed by atoms with Crippen molar-refractivity contribution in [1.29, 1.82) is 0 Å². The number of aromatic nitrogens is 1. The van der Waals surface area contributed by atoms with E-state index in [0.29, 0.717) is 16.8 Å². The molecule has 2 rings (SSSR count). The smallest absolute Gasteiger partial charge is 0.261 e. The molecule has 0 aliphatic heterocycles. The molecule has 1 heterocycles. The molecule has 6 heteroatoms. The molecular weight excluding hydrogens is 339 g/mol. The number of rotatable bonds is 5. The van der Waals surface area contributed by atoms with Crippen LogP contribution in [-0.2, 0) is 11.3 Å². The van der Waals surface area contributed by atoms with Gasteiger partial charge >= 0.3 is 0 Å². The predicted octanol–water partition coefficient (Wildman–Crippen LogP) is 3.07. The maximum atomic E-state index is 13.0. The van der Waals surface area contributed by atoms with Crippen LogP contribution in [0.3, 0.4) is 0 Å². The summed E-state index contributed by atoms with van der Waals surface area (Å²) in [4.78, 5) is 15.9. The molecule has 110 valence electrons. The molecule has 0 spiro atoms. The van der Waals surface area contributed by atoms with E-state index in [4.69, 9.17) is 4.74 Å². The van der Waals surface area contributed by atoms with Gasteiger partial charge in [0.15, 0.2) is 6.10 Å². The number of halogens is 2. The van der Waals surface area contributed by atoms with Crippen molar-refractivity contribution in [3.8, 4) is 5.75 Å². The van der Waals surface area contributed by atoms with E-state index in [1.54, 1.807) is 25.4 Å². The third kappa shape index (κ3) is 4.53. The van der Waals surface area contributed by atoms with Crippen molar-refractivity contribution < 1.29 is 13.9 Å². The Morgan fingerprint density at radius 2 is 2.29 bits per heavy atom. The molecule has 0 aliphatic carbocycles. The summed E-state index contributed by atoms with van der Waals surface area (Å²) in [5.41, 5.74) is 0.904. The highest BCUT2D eigenvalue weighted by molar-refractivity contribution is 9.10. The van der Waals surface area contributed by atoms with Crippen LogP contribution >= 0.6 is 15.9 Å². The van der Waals surface area contributed by atoms with E-state index in [0.717, 1.165) is 5.56 Å². The number of hydrogen-bond acceptors (Lipinski definition) is 3. The fraction of sp³-hybridized carbons (Fsp3) is 0.200. The van der Waals surface area contributed by atoms with Gasteiger partial charge < -0.3 is 10.1 Å². The Hall–Kier alpha value is -1.95. The Morgan fingerprint density at radius 3 is 2.95 bits per heavy atom. The van der Waals surface area contributed by atoms with E-state index < -0.39 is 6.10 Å². The largest absolute Gasteiger partial charge is 0.480 e. The predicted molar refractivity (Wildman–Crippen MR) is 80.3 cm³/mol. The first kappa shape index (κ1) is 15.4. The molecular formula is C15H14BrFN2O2. The van der Waals surface area contributed by atoms with Crippen LogP contribution in [0.2, 0.25) is 0 Å². The number of nitrogens with zero attached hydrogens (tertiary/aromatic N) is 1. The first-order valence-corrected chi connectivity index (χ1v) is 7.14. The summed E-state index contributed by atoms with van der Waals surface area (Å²) < 4.78 is 19.0. The standard InChI is InChI=1S/C15H14BrFN2O2/c1-10(21-14-5-4-12(17)7-13(14)16)15(20)19-9-11-3-2-6-18-8-11/h2-8,10H,9H2,1H3,(H,19,20). The van der Waals surface area contributed by atoms with Gasteiger partial charge in [-0.2, -0.15) is 0 Å². The third-order valence-electron chi connectivity index (χ3n) is 2.76. The minimum atomic E-state index is -0.691. The molecule has 0 aliphatic rings. The molecule has 1 atom stereocenters. The monoisotopic (exact) mass is 352 g/mol. The van der Waals surface area contributed by atoms with Crippen molar-refractivity contribution >= 4 is 21.8 Å². The van der Waals surface area contributed by atoms with E-state index in [1.165, 1.54) is 18.2 Å². The Morgan fingerprint density at radius 1 is 1.48 bits per heavy atom. The van der Waals surface area contributed by atoms with Crippen molar-refractivity contribution in [3.05, 3.63) is 58.6 Å². The zero-order chi connectivity index (χ0) is 15.2. The molecule has 0 fully saturated rings. The molecule has 2 aromatic rings. The summed E-state index contributed by atoms with van der Waals surface area (Å²) in [6.07, 6.45) is 2.66. The van der Waals surface area contributed by atoms with Crippen LogP contribution in [0, 0.1) is 5.82 Å². The van der Waals surface area contributed by atoms with Crippen LogP contribution in [-0.4, -0.2) is 17.0 Å². The number of ether oxygens (including phenoxy) is 1. The van der Waals surface area contributed by atoms with E-state index in [1.807, 2.05) is 6.07 Å². The van der Waals surface area contributed by atoms with Gasteiger partial charge in [-0.1, -0.05) is 6.07 Å². The van der Waals surface area contributed by atoms with Gasteiger partial charge in [0.1, 0.15) is 11.6 Å². The molecule has 4 nitrogen and oxygen atoms in total. The molecule has 0 saturated heterocycles. The van der Waals surface area contributed by atoms with Gasteiger partial charge in [0.05, 0.1) is 4.47 Å². The van der Waals surface area contributed by atoms with Crippen molar-refractivity contribution in [2.75, 3.05) is 0 Å². The second-order valence-electron chi connectivity index (χ2n) is 4.41. The molecule has 0 bridgehead atoms. The number of carbonyl (C=O) groups excluding carboxylic acids is 1. The fourth-order valence-electron chi connectivity index (χ4n) is 1.65. The average Bonchev–Trinajstić information content (AvgIpc) is 2.48. The van der Waals surface area contributed by atoms with Gasteiger partial charge in [0, 0.05) is 18.9 Å². The molecule has 1 amide bonds. The summed E-state index contributed by atoms with van der Waals surface area (Å²) >= 11 is 3.20. The zero-order valence-corrected chi connectivity index (χ0v) is 12.9. The minimum Gasteiger partial charge on any atom is -0.480 e. The number of hydrogen-bond donors (Lipinski definition) is 1. The van der Waals surface area contributed by atoms with E-state index >= 15 is 0 Å². The lowest BCUT2D eigenvalue weighted by atomic mass is 10.2. The topological polar surface area (TPSA) is 51.2 Å². The number of nitrogens with one attached hydrogen (secondary N) is 1. The number of amides is 1. The molecule has 1 aromatic heterocycles. The van der Waals surface area contributed by atoms with Crippen molar-refractivity contribution in [1.82, 2.24) is 10.3 Å². The van der Waals surface area contributed by atoms with E-state index in [-0.39, 0.29) is 11.7 Å². The maximum Gasteiger partial charge on any atom is 0.261 e. The Bertz CT molecular complexity index is 622. The second-order valence-corrected chi connectivity index (χ2v) is 5.27. The van der Waals surface area contributed by atoms with E-state index in [2.05, 4.69) is 26.2 Å². The van der Waals surface area contributed by atoms with Gasteiger partial charge in [-0.15, -0.1) is 0 Å². The Labute approximate surface area is 130 Å². The van der Waals surface area contributed by atoms with Gasteiger partial charge in [-0.25, -0.2) is 4.39 Å². The summed E-state index contributed by atoms with van der Waals surface area (Å²) in [6.45, 7) is 2.01. The SMILES string of the molecule is CC(Oc1ccc(F)cc1Br)C(=O)NCc1cccnc1. The molecule has 1 N–H and O–H groups in total. The van der Waals surface area contributed by atoms with Crippen LogP contribution in [0.4, 0.5) is 4.39 Å². The van der Waals surface area contributed by atoms with Crippen LogP contribution < -0.4 is 10.1 Å². The van der Waals surface area contributed by atoms with Crippen molar-refractivity contribution in [2.24, 2.45) is 0 Å². The number of pyridine rings is 1. The lowest BCUT2D eigenvalue weighted by Crippen LogP contribution is -2.36. The third-order valence-corrected chi connectivity index (χ3v) is 3.38. The normalized spacial score (nSPS) is 11.8. The van der Waals surface area contributed by atoms with Crippen LogP contribution in [0.15, 0.2) is 47.2 Å². The number of benzene rings is 1.